The standard InChI is InChI=1S/C13H19N3O/c1-16(12-4-2-3-7-15-12)13(17)10-11-5-8-14-9-6-11/h2-4,7,11,14H,5-6,8-10H2,1H3. The molecule has 0 atom stereocenters. The minimum Gasteiger partial charge on any atom is -0.317 e. The molecule has 0 aliphatic carbocycles. The summed E-state index contributed by atoms with van der Waals surface area (Å²) < 4.78 is 0. The van der Waals surface area contributed by atoms with Crippen molar-refractivity contribution >= 4 is 11.7 Å². The van der Waals surface area contributed by atoms with Crippen molar-refractivity contribution in [2.45, 2.75) is 19.3 Å². The molecule has 1 aromatic heterocycles. The molecule has 4 heteroatoms. The summed E-state index contributed by atoms with van der Waals surface area (Å²) in [6, 6.07) is 5.62. The van der Waals surface area contributed by atoms with Gasteiger partial charge in [0, 0.05) is 19.7 Å². The van der Waals surface area contributed by atoms with E-state index in [-0.39, 0.29) is 5.91 Å². The number of pyridine rings is 1. The number of nitrogens with one attached hydrogen (secondary N) is 1. The summed E-state index contributed by atoms with van der Waals surface area (Å²) in [7, 11) is 1.80. The number of piperidine rings is 1. The van der Waals surface area contributed by atoms with Gasteiger partial charge in [0.1, 0.15) is 5.82 Å². The van der Waals surface area contributed by atoms with Crippen LogP contribution >= 0.6 is 0 Å². The van der Waals surface area contributed by atoms with Crippen LogP contribution in [0.3, 0.4) is 0 Å². The Balaban J connectivity index is 1.91. The summed E-state index contributed by atoms with van der Waals surface area (Å²) in [5, 5.41) is 3.31. The third-order valence-corrected chi connectivity index (χ3v) is 3.29. The number of carbonyl (C=O) groups is 1. The first-order valence-electron chi connectivity index (χ1n) is 6.15. The third kappa shape index (κ3) is 3.27. The molecule has 1 aromatic rings. The predicted molar refractivity (Wildman–Crippen MR) is 67.9 cm³/mol. The van der Waals surface area contributed by atoms with Gasteiger partial charge in [0.2, 0.25) is 5.91 Å². The Morgan fingerprint density at radius 1 is 1.47 bits per heavy atom. The predicted octanol–water partition coefficient (Wildman–Crippen LogP) is 1.43. The molecule has 0 bridgehead atoms. The molecule has 0 radical (unpaired) electrons. The van der Waals surface area contributed by atoms with Gasteiger partial charge in [-0.1, -0.05) is 6.07 Å². The lowest BCUT2D eigenvalue weighted by Crippen LogP contribution is -2.33. The number of amides is 1. The Labute approximate surface area is 102 Å². The van der Waals surface area contributed by atoms with Gasteiger partial charge in [-0.2, -0.15) is 0 Å². The maximum Gasteiger partial charge on any atom is 0.228 e. The van der Waals surface area contributed by atoms with Crippen molar-refractivity contribution in [2.24, 2.45) is 5.92 Å². The van der Waals surface area contributed by atoms with Crippen LogP contribution in [-0.4, -0.2) is 31.0 Å². The Morgan fingerprint density at radius 2 is 2.24 bits per heavy atom. The number of carbonyl (C=O) groups excluding carboxylic acids is 1. The molecule has 1 fully saturated rings. The fourth-order valence-corrected chi connectivity index (χ4v) is 2.15. The molecule has 0 aromatic carbocycles. The summed E-state index contributed by atoms with van der Waals surface area (Å²) in [6.45, 7) is 2.07. The zero-order valence-electron chi connectivity index (χ0n) is 10.2. The molecular formula is C13H19N3O. The topological polar surface area (TPSA) is 45.2 Å². The van der Waals surface area contributed by atoms with E-state index in [1.807, 2.05) is 18.2 Å². The third-order valence-electron chi connectivity index (χ3n) is 3.29. The van der Waals surface area contributed by atoms with E-state index in [1.54, 1.807) is 18.1 Å². The van der Waals surface area contributed by atoms with Crippen LogP contribution < -0.4 is 10.2 Å². The van der Waals surface area contributed by atoms with E-state index < -0.39 is 0 Å². The Hall–Kier alpha value is -1.42. The summed E-state index contributed by atoms with van der Waals surface area (Å²) in [4.78, 5) is 17.9. The highest BCUT2D eigenvalue weighted by Gasteiger charge is 2.19. The van der Waals surface area contributed by atoms with Crippen LogP contribution in [0.5, 0.6) is 0 Å². The van der Waals surface area contributed by atoms with Gasteiger partial charge in [-0.3, -0.25) is 9.69 Å². The minimum absolute atomic E-state index is 0.163. The maximum atomic E-state index is 12.1. The van der Waals surface area contributed by atoms with Gasteiger partial charge >= 0.3 is 0 Å². The zero-order chi connectivity index (χ0) is 12.1. The number of anilines is 1. The summed E-state index contributed by atoms with van der Waals surface area (Å²) in [5.41, 5.74) is 0. The molecule has 0 spiro atoms. The second-order valence-electron chi connectivity index (χ2n) is 4.54. The molecule has 4 nitrogen and oxygen atoms in total. The lowest BCUT2D eigenvalue weighted by molar-refractivity contribution is -0.119. The van der Waals surface area contributed by atoms with Gasteiger partial charge < -0.3 is 5.32 Å². The van der Waals surface area contributed by atoms with Crippen molar-refractivity contribution in [1.29, 1.82) is 0 Å². The lowest BCUT2D eigenvalue weighted by Gasteiger charge is -2.24. The average Bonchev–Trinajstić information content (AvgIpc) is 2.40. The molecule has 92 valence electrons. The number of hydrogen-bond acceptors (Lipinski definition) is 3. The fraction of sp³-hybridized carbons (Fsp3) is 0.538. The van der Waals surface area contributed by atoms with Crippen molar-refractivity contribution in [1.82, 2.24) is 10.3 Å². The van der Waals surface area contributed by atoms with E-state index >= 15 is 0 Å². The van der Waals surface area contributed by atoms with E-state index in [0.29, 0.717) is 12.3 Å². The van der Waals surface area contributed by atoms with Gasteiger partial charge in [0.15, 0.2) is 0 Å². The van der Waals surface area contributed by atoms with Gasteiger partial charge in [0.25, 0.3) is 0 Å². The number of aromatic nitrogens is 1. The SMILES string of the molecule is CN(C(=O)CC1CCNCC1)c1ccccn1. The van der Waals surface area contributed by atoms with Crippen molar-refractivity contribution in [3.05, 3.63) is 24.4 Å². The van der Waals surface area contributed by atoms with Gasteiger partial charge in [0.05, 0.1) is 0 Å². The van der Waals surface area contributed by atoms with Crippen LogP contribution in [0.4, 0.5) is 5.82 Å². The van der Waals surface area contributed by atoms with Crippen LogP contribution in [-0.2, 0) is 4.79 Å². The van der Waals surface area contributed by atoms with E-state index in [0.717, 1.165) is 31.7 Å². The fourth-order valence-electron chi connectivity index (χ4n) is 2.15. The normalized spacial score (nSPS) is 16.8. The van der Waals surface area contributed by atoms with E-state index in [4.69, 9.17) is 0 Å². The van der Waals surface area contributed by atoms with Gasteiger partial charge in [-0.15, -0.1) is 0 Å². The summed E-state index contributed by atoms with van der Waals surface area (Å²) in [6.07, 6.45) is 4.54. The number of nitrogens with zero attached hydrogens (tertiary/aromatic N) is 2. The lowest BCUT2D eigenvalue weighted by atomic mass is 9.94. The van der Waals surface area contributed by atoms with E-state index in [2.05, 4.69) is 10.3 Å². The first-order valence-corrected chi connectivity index (χ1v) is 6.15. The van der Waals surface area contributed by atoms with Crippen LogP contribution in [0, 0.1) is 5.92 Å². The zero-order valence-corrected chi connectivity index (χ0v) is 10.2. The molecule has 0 unspecified atom stereocenters. The van der Waals surface area contributed by atoms with Crippen LogP contribution in [0.1, 0.15) is 19.3 Å². The van der Waals surface area contributed by atoms with Gasteiger partial charge in [-0.05, 0) is 44.0 Å². The highest BCUT2D eigenvalue weighted by Crippen LogP contribution is 2.18. The second kappa shape index (κ2) is 5.77. The first-order chi connectivity index (χ1) is 8.27. The van der Waals surface area contributed by atoms with Gasteiger partial charge in [-0.25, -0.2) is 4.98 Å². The quantitative estimate of drug-likeness (QED) is 0.859. The van der Waals surface area contributed by atoms with Crippen molar-refractivity contribution < 1.29 is 4.79 Å². The minimum atomic E-state index is 0.163. The molecule has 0 saturated carbocycles. The summed E-state index contributed by atoms with van der Waals surface area (Å²) >= 11 is 0. The van der Waals surface area contributed by atoms with Crippen molar-refractivity contribution in [3.63, 3.8) is 0 Å². The molecule has 2 rings (SSSR count). The maximum absolute atomic E-state index is 12.1. The smallest absolute Gasteiger partial charge is 0.228 e. The molecule has 1 amide bonds. The van der Waals surface area contributed by atoms with Crippen molar-refractivity contribution in [2.75, 3.05) is 25.0 Å². The Bertz CT molecular complexity index is 360. The molecular weight excluding hydrogens is 214 g/mol. The first kappa shape index (κ1) is 12.0. The second-order valence-corrected chi connectivity index (χ2v) is 4.54. The Kier molecular flexibility index (Phi) is 4.09. The van der Waals surface area contributed by atoms with Crippen molar-refractivity contribution in [3.8, 4) is 0 Å². The van der Waals surface area contributed by atoms with E-state index in [9.17, 15) is 4.79 Å². The highest BCUT2D eigenvalue weighted by molar-refractivity contribution is 5.91. The van der Waals surface area contributed by atoms with E-state index in [1.165, 1.54) is 0 Å². The summed E-state index contributed by atoms with van der Waals surface area (Å²) in [5.74, 6) is 1.41. The monoisotopic (exact) mass is 233 g/mol. The molecule has 1 N–H and O–H groups in total. The molecule has 1 aliphatic rings. The van der Waals surface area contributed by atoms with Crippen LogP contribution in [0.25, 0.3) is 0 Å². The van der Waals surface area contributed by atoms with Crippen LogP contribution in [0.15, 0.2) is 24.4 Å². The average molecular weight is 233 g/mol. The molecule has 1 saturated heterocycles. The highest BCUT2D eigenvalue weighted by atomic mass is 16.2. The number of hydrogen-bond donors (Lipinski definition) is 1. The molecule has 1 aliphatic heterocycles. The molecule has 2 heterocycles. The number of rotatable bonds is 3. The molecule has 17 heavy (non-hydrogen) atoms. The van der Waals surface area contributed by atoms with Crippen LogP contribution in [0.2, 0.25) is 0 Å². The largest absolute Gasteiger partial charge is 0.317 e. The Morgan fingerprint density at radius 3 is 2.88 bits per heavy atom.